The van der Waals surface area contributed by atoms with Crippen molar-refractivity contribution in [3.05, 3.63) is 52.9 Å². The Morgan fingerprint density at radius 1 is 1.31 bits per heavy atom. The van der Waals surface area contributed by atoms with Crippen LogP contribution in [-0.4, -0.2) is 26.5 Å². The highest BCUT2D eigenvalue weighted by atomic mass is 35.5. The number of hydrogen-bond donors (Lipinski definition) is 1. The van der Waals surface area contributed by atoms with Crippen LogP contribution in [0.2, 0.25) is 5.02 Å². The summed E-state index contributed by atoms with van der Waals surface area (Å²) in [7, 11) is 1.85. The van der Waals surface area contributed by atoms with Gasteiger partial charge in [-0.3, -0.25) is 4.79 Å². The number of halogens is 1. The van der Waals surface area contributed by atoms with Crippen LogP contribution in [0.3, 0.4) is 0 Å². The van der Waals surface area contributed by atoms with Crippen molar-refractivity contribution in [3.8, 4) is 6.01 Å². The van der Waals surface area contributed by atoms with Gasteiger partial charge in [0.15, 0.2) is 0 Å². The number of carbonyl (C=O) groups excluding carboxylic acids is 1. The molecule has 0 bridgehead atoms. The maximum Gasteiger partial charge on any atom is 0.316 e. The summed E-state index contributed by atoms with van der Waals surface area (Å²) in [6.45, 7) is 1.90. The topological polar surface area (TPSA) is 69.0 Å². The Bertz CT molecular complexity index is 964. The van der Waals surface area contributed by atoms with Crippen LogP contribution in [0.15, 0.2) is 36.7 Å². The molecular weight excluding hydrogens is 352 g/mol. The van der Waals surface area contributed by atoms with Gasteiger partial charge in [0, 0.05) is 40.9 Å². The van der Waals surface area contributed by atoms with Crippen LogP contribution < -0.4 is 10.1 Å². The molecule has 6 nitrogen and oxygen atoms in total. The van der Waals surface area contributed by atoms with E-state index >= 15 is 0 Å². The van der Waals surface area contributed by atoms with E-state index < -0.39 is 0 Å². The van der Waals surface area contributed by atoms with Crippen molar-refractivity contribution in [1.29, 1.82) is 0 Å². The molecule has 26 heavy (non-hydrogen) atoms. The van der Waals surface area contributed by atoms with Crippen molar-refractivity contribution in [2.24, 2.45) is 7.05 Å². The number of amides is 1. The standard InChI is InChI=1S/C19H19ClN4O2/c1-11(13-9-21-19(22-10-13)26-15-5-6-15)23-18(25)17-7-12-3-4-14(20)8-16(12)24(17)2/h3-4,7-11,15H,5-6H2,1-2H3,(H,23,25). The van der Waals surface area contributed by atoms with E-state index in [9.17, 15) is 4.79 Å². The normalized spacial score (nSPS) is 15.0. The zero-order chi connectivity index (χ0) is 18.3. The second kappa shape index (κ2) is 6.61. The van der Waals surface area contributed by atoms with Crippen LogP contribution in [-0.2, 0) is 7.05 Å². The lowest BCUT2D eigenvalue weighted by Crippen LogP contribution is -2.28. The van der Waals surface area contributed by atoms with E-state index in [2.05, 4.69) is 15.3 Å². The number of rotatable bonds is 5. The zero-order valence-corrected chi connectivity index (χ0v) is 15.3. The third-order valence-electron chi connectivity index (χ3n) is 4.53. The van der Waals surface area contributed by atoms with E-state index in [-0.39, 0.29) is 18.1 Å². The Kier molecular flexibility index (Phi) is 4.28. The van der Waals surface area contributed by atoms with Crippen molar-refractivity contribution in [2.45, 2.75) is 31.9 Å². The van der Waals surface area contributed by atoms with Gasteiger partial charge in [0.25, 0.3) is 5.91 Å². The molecule has 134 valence electrons. The maximum absolute atomic E-state index is 12.7. The Hall–Kier alpha value is -2.60. The van der Waals surface area contributed by atoms with Gasteiger partial charge in [0.05, 0.1) is 6.04 Å². The number of aromatic nitrogens is 3. The minimum absolute atomic E-state index is 0.161. The zero-order valence-electron chi connectivity index (χ0n) is 14.6. The van der Waals surface area contributed by atoms with Gasteiger partial charge < -0.3 is 14.6 Å². The van der Waals surface area contributed by atoms with Gasteiger partial charge in [-0.1, -0.05) is 17.7 Å². The summed E-state index contributed by atoms with van der Waals surface area (Å²) in [6, 6.07) is 7.60. The highest BCUT2D eigenvalue weighted by Crippen LogP contribution is 2.25. The number of nitrogens with one attached hydrogen (secondary N) is 1. The van der Waals surface area contributed by atoms with Crippen LogP contribution in [0.1, 0.15) is 41.9 Å². The fourth-order valence-corrected chi connectivity index (χ4v) is 2.99. The molecule has 0 aliphatic heterocycles. The Labute approximate surface area is 156 Å². The molecule has 2 heterocycles. The number of nitrogens with zero attached hydrogens (tertiary/aromatic N) is 3. The van der Waals surface area contributed by atoms with Gasteiger partial charge in [-0.15, -0.1) is 0 Å². The minimum Gasteiger partial charge on any atom is -0.460 e. The molecule has 0 saturated heterocycles. The van der Waals surface area contributed by atoms with Crippen molar-refractivity contribution < 1.29 is 9.53 Å². The second-order valence-electron chi connectivity index (χ2n) is 6.60. The molecule has 1 fully saturated rings. The molecule has 1 aromatic carbocycles. The van der Waals surface area contributed by atoms with Gasteiger partial charge in [0.2, 0.25) is 0 Å². The molecule has 1 atom stereocenters. The van der Waals surface area contributed by atoms with Crippen LogP contribution in [0, 0.1) is 0 Å². The summed E-state index contributed by atoms with van der Waals surface area (Å²) in [6.07, 6.45) is 5.77. The molecule has 1 aliphatic carbocycles. The van der Waals surface area contributed by atoms with Crippen LogP contribution in [0.4, 0.5) is 0 Å². The number of fused-ring (bicyclic) bond motifs is 1. The monoisotopic (exact) mass is 370 g/mol. The Morgan fingerprint density at radius 3 is 2.73 bits per heavy atom. The fraction of sp³-hybridized carbons (Fsp3) is 0.316. The predicted octanol–water partition coefficient (Wildman–Crippen LogP) is 3.65. The molecule has 1 N–H and O–H groups in total. The first-order chi connectivity index (χ1) is 12.5. The van der Waals surface area contributed by atoms with E-state index in [0.29, 0.717) is 16.7 Å². The molecule has 0 spiro atoms. The Balaban J connectivity index is 1.49. The second-order valence-corrected chi connectivity index (χ2v) is 7.04. The highest BCUT2D eigenvalue weighted by Gasteiger charge is 2.24. The molecule has 4 rings (SSSR count). The molecule has 7 heteroatoms. The number of ether oxygens (including phenoxy) is 1. The molecule has 3 aromatic rings. The fourth-order valence-electron chi connectivity index (χ4n) is 2.82. The van der Waals surface area contributed by atoms with E-state index in [1.54, 1.807) is 12.4 Å². The van der Waals surface area contributed by atoms with Crippen molar-refractivity contribution in [3.63, 3.8) is 0 Å². The van der Waals surface area contributed by atoms with Crippen LogP contribution in [0.25, 0.3) is 10.9 Å². The van der Waals surface area contributed by atoms with Crippen LogP contribution >= 0.6 is 11.6 Å². The third kappa shape index (κ3) is 3.37. The molecule has 0 radical (unpaired) electrons. The van der Waals surface area contributed by atoms with Gasteiger partial charge in [0.1, 0.15) is 11.8 Å². The molecule has 1 unspecified atom stereocenters. The number of benzene rings is 1. The maximum atomic E-state index is 12.7. The number of aryl methyl sites for hydroxylation is 1. The first kappa shape index (κ1) is 16.8. The highest BCUT2D eigenvalue weighted by molar-refractivity contribution is 6.31. The van der Waals surface area contributed by atoms with E-state index in [0.717, 1.165) is 29.3 Å². The minimum atomic E-state index is -0.223. The summed E-state index contributed by atoms with van der Waals surface area (Å²) < 4.78 is 7.39. The van der Waals surface area contributed by atoms with Crippen molar-refractivity contribution in [1.82, 2.24) is 19.9 Å². The van der Waals surface area contributed by atoms with Gasteiger partial charge in [-0.05, 0) is 38.0 Å². The average Bonchev–Trinajstić information content (AvgIpc) is 3.38. The summed E-state index contributed by atoms with van der Waals surface area (Å²) in [5.74, 6) is -0.161. The molecule has 1 aliphatic rings. The first-order valence-electron chi connectivity index (χ1n) is 8.55. The first-order valence-corrected chi connectivity index (χ1v) is 8.93. The third-order valence-corrected chi connectivity index (χ3v) is 4.77. The summed E-state index contributed by atoms with van der Waals surface area (Å²) in [4.78, 5) is 21.1. The lowest BCUT2D eigenvalue weighted by atomic mass is 10.2. The predicted molar refractivity (Wildman–Crippen MR) is 99.5 cm³/mol. The summed E-state index contributed by atoms with van der Waals surface area (Å²) in [5, 5.41) is 4.60. The van der Waals surface area contributed by atoms with E-state index in [4.69, 9.17) is 16.3 Å². The van der Waals surface area contributed by atoms with Crippen molar-refractivity contribution in [2.75, 3.05) is 0 Å². The summed E-state index contributed by atoms with van der Waals surface area (Å²) in [5.41, 5.74) is 2.31. The molecule has 1 saturated carbocycles. The molecular formula is C19H19ClN4O2. The van der Waals surface area contributed by atoms with E-state index in [1.807, 2.05) is 42.8 Å². The smallest absolute Gasteiger partial charge is 0.316 e. The molecule has 1 amide bonds. The lowest BCUT2D eigenvalue weighted by molar-refractivity contribution is 0.0932. The van der Waals surface area contributed by atoms with Crippen LogP contribution in [0.5, 0.6) is 6.01 Å². The van der Waals surface area contributed by atoms with Gasteiger partial charge in [-0.25, -0.2) is 9.97 Å². The van der Waals surface area contributed by atoms with E-state index in [1.165, 1.54) is 0 Å². The van der Waals surface area contributed by atoms with Gasteiger partial charge in [-0.2, -0.15) is 0 Å². The number of hydrogen-bond acceptors (Lipinski definition) is 4. The number of carbonyl (C=O) groups is 1. The largest absolute Gasteiger partial charge is 0.460 e. The Morgan fingerprint density at radius 2 is 2.04 bits per heavy atom. The quantitative estimate of drug-likeness (QED) is 0.744. The SMILES string of the molecule is CC(NC(=O)c1cc2ccc(Cl)cc2n1C)c1cnc(OC2CC2)nc1. The lowest BCUT2D eigenvalue weighted by Gasteiger charge is -2.14. The average molecular weight is 371 g/mol. The molecule has 2 aromatic heterocycles. The van der Waals surface area contributed by atoms with Gasteiger partial charge >= 0.3 is 6.01 Å². The summed E-state index contributed by atoms with van der Waals surface area (Å²) >= 11 is 6.05. The van der Waals surface area contributed by atoms with Crippen molar-refractivity contribution >= 4 is 28.4 Å².